The van der Waals surface area contributed by atoms with E-state index < -0.39 is 5.60 Å². The lowest BCUT2D eigenvalue weighted by Gasteiger charge is -2.16. The van der Waals surface area contributed by atoms with E-state index in [0.29, 0.717) is 6.42 Å². The molecule has 0 aromatic rings. The smallest absolute Gasteiger partial charge is 0.129 e. The molecule has 2 heteroatoms. The molecule has 0 amide bonds. The molecule has 2 nitrogen and oxygen atoms in total. The molecule has 0 aliphatic heterocycles. The van der Waals surface area contributed by atoms with Crippen molar-refractivity contribution in [2.45, 2.75) is 85.2 Å². The largest absolute Gasteiger partial charge is 0.390 e. The Morgan fingerprint density at radius 1 is 0.950 bits per heavy atom. The van der Waals surface area contributed by atoms with Crippen molar-refractivity contribution in [3.63, 3.8) is 0 Å². The Bertz CT molecular complexity index is 343. The topological polar surface area (TPSA) is 37.3 Å². The number of carbonyl (C=O) groups is 1. The van der Waals surface area contributed by atoms with Crippen molar-refractivity contribution >= 4 is 5.78 Å². The van der Waals surface area contributed by atoms with E-state index in [1.54, 1.807) is 6.92 Å². The molecule has 0 aromatic heterocycles. The maximum atomic E-state index is 10.9. The monoisotopic (exact) mass is 280 g/mol. The Morgan fingerprint density at radius 3 is 1.90 bits per heavy atom. The minimum atomic E-state index is -0.548. The van der Waals surface area contributed by atoms with Crippen molar-refractivity contribution in [2.75, 3.05) is 0 Å². The van der Waals surface area contributed by atoms with Crippen LogP contribution >= 0.6 is 0 Å². The Morgan fingerprint density at radius 2 is 1.45 bits per heavy atom. The number of Topliss-reactive ketones (excluding diaryl/α,β-unsaturated/α-hetero) is 1. The summed E-state index contributed by atoms with van der Waals surface area (Å²) in [4.78, 5) is 10.9. The lowest BCUT2D eigenvalue weighted by Crippen LogP contribution is -2.17. The summed E-state index contributed by atoms with van der Waals surface area (Å²) in [6.45, 7) is 9.66. The molecule has 0 atom stereocenters. The predicted octanol–water partition coefficient (Wildman–Crippen LogP) is 4.97. The van der Waals surface area contributed by atoms with E-state index >= 15 is 0 Å². The van der Waals surface area contributed by atoms with Gasteiger partial charge in [0.15, 0.2) is 0 Å². The van der Waals surface area contributed by atoms with Gasteiger partial charge in [-0.25, -0.2) is 0 Å². The molecule has 116 valence electrons. The van der Waals surface area contributed by atoms with Gasteiger partial charge in [-0.05, 0) is 73.1 Å². The molecule has 0 bridgehead atoms. The summed E-state index contributed by atoms with van der Waals surface area (Å²) >= 11 is 0. The number of rotatable bonds is 10. The highest BCUT2D eigenvalue weighted by atomic mass is 16.3. The Kier molecular flexibility index (Phi) is 9.49. The van der Waals surface area contributed by atoms with Crippen LogP contribution in [0.3, 0.4) is 0 Å². The Labute approximate surface area is 125 Å². The Balaban J connectivity index is 3.88. The number of allylic oxidation sites excluding steroid dienone is 4. The van der Waals surface area contributed by atoms with Gasteiger partial charge in [0.25, 0.3) is 0 Å². The number of ketones is 1. The van der Waals surface area contributed by atoms with Crippen molar-refractivity contribution in [2.24, 2.45) is 0 Å². The van der Waals surface area contributed by atoms with E-state index in [0.717, 1.165) is 38.5 Å². The van der Waals surface area contributed by atoms with Crippen molar-refractivity contribution in [1.29, 1.82) is 0 Å². The highest BCUT2D eigenvalue weighted by Crippen LogP contribution is 2.16. The van der Waals surface area contributed by atoms with Crippen LogP contribution < -0.4 is 0 Å². The standard InChI is InChI=1S/C18H32O2/c1-15(11-7-13-17(3)19)9-6-10-16(2)12-8-14-18(4,5)20/h9-10,20H,6-8,11-14H2,1-5H3/b15-9+,16-10+. The SMILES string of the molecule is CC(=O)CCC/C(C)=C/C/C=C(\C)CCCC(C)(C)O. The fourth-order valence-corrected chi connectivity index (χ4v) is 2.08. The summed E-state index contributed by atoms with van der Waals surface area (Å²) in [5.41, 5.74) is 2.21. The number of carbonyl (C=O) groups excluding carboxylic acids is 1. The molecule has 0 rings (SSSR count). The number of hydrogen-bond acceptors (Lipinski definition) is 2. The average Bonchev–Trinajstić information content (AvgIpc) is 2.26. The van der Waals surface area contributed by atoms with Crippen LogP contribution in [-0.2, 0) is 4.79 Å². The third kappa shape index (κ3) is 13.5. The summed E-state index contributed by atoms with van der Waals surface area (Å²) < 4.78 is 0. The number of hydrogen-bond donors (Lipinski definition) is 1. The second-order valence-corrected chi connectivity index (χ2v) is 6.56. The van der Waals surface area contributed by atoms with Gasteiger partial charge in [-0.2, -0.15) is 0 Å². The molecule has 0 aromatic carbocycles. The van der Waals surface area contributed by atoms with Gasteiger partial charge in [-0.1, -0.05) is 23.3 Å². The predicted molar refractivity (Wildman–Crippen MR) is 86.8 cm³/mol. The van der Waals surface area contributed by atoms with Crippen LogP contribution in [0.15, 0.2) is 23.3 Å². The van der Waals surface area contributed by atoms with Crippen molar-refractivity contribution in [1.82, 2.24) is 0 Å². The molecule has 1 N–H and O–H groups in total. The first-order valence-electron chi connectivity index (χ1n) is 7.74. The first-order valence-corrected chi connectivity index (χ1v) is 7.74. The van der Waals surface area contributed by atoms with Crippen LogP contribution in [0.25, 0.3) is 0 Å². The van der Waals surface area contributed by atoms with Crippen LogP contribution in [0.2, 0.25) is 0 Å². The first-order chi connectivity index (χ1) is 9.20. The van der Waals surface area contributed by atoms with Crippen molar-refractivity contribution < 1.29 is 9.90 Å². The zero-order chi connectivity index (χ0) is 15.6. The first kappa shape index (κ1) is 19.1. The third-order valence-electron chi connectivity index (χ3n) is 3.39. The second kappa shape index (κ2) is 9.93. The van der Waals surface area contributed by atoms with E-state index in [2.05, 4.69) is 26.0 Å². The summed E-state index contributed by atoms with van der Waals surface area (Å²) in [5, 5.41) is 9.65. The molecule has 0 saturated carbocycles. The summed E-state index contributed by atoms with van der Waals surface area (Å²) in [5.74, 6) is 0.278. The van der Waals surface area contributed by atoms with E-state index in [9.17, 15) is 9.90 Å². The van der Waals surface area contributed by atoms with Gasteiger partial charge in [0, 0.05) is 6.42 Å². The van der Waals surface area contributed by atoms with Gasteiger partial charge >= 0.3 is 0 Å². The van der Waals surface area contributed by atoms with Gasteiger partial charge < -0.3 is 9.90 Å². The minimum Gasteiger partial charge on any atom is -0.390 e. The number of aliphatic hydroxyl groups is 1. The molecule has 0 saturated heterocycles. The van der Waals surface area contributed by atoms with E-state index in [-0.39, 0.29) is 5.78 Å². The van der Waals surface area contributed by atoms with Gasteiger partial charge in [-0.3, -0.25) is 0 Å². The van der Waals surface area contributed by atoms with Crippen molar-refractivity contribution in [3.05, 3.63) is 23.3 Å². The van der Waals surface area contributed by atoms with Crippen LogP contribution in [0.1, 0.15) is 79.6 Å². The van der Waals surface area contributed by atoms with Gasteiger partial charge in [0.1, 0.15) is 5.78 Å². The maximum absolute atomic E-state index is 10.9. The quantitative estimate of drug-likeness (QED) is 0.574. The average molecular weight is 280 g/mol. The Hall–Kier alpha value is -0.890. The van der Waals surface area contributed by atoms with Gasteiger partial charge in [-0.15, -0.1) is 0 Å². The van der Waals surface area contributed by atoms with Gasteiger partial charge in [0.2, 0.25) is 0 Å². The fraction of sp³-hybridized carbons (Fsp3) is 0.722. The van der Waals surface area contributed by atoms with Crippen molar-refractivity contribution in [3.8, 4) is 0 Å². The van der Waals surface area contributed by atoms with Crippen LogP contribution in [0.5, 0.6) is 0 Å². The second-order valence-electron chi connectivity index (χ2n) is 6.56. The molecular weight excluding hydrogens is 248 g/mol. The molecule has 0 fully saturated rings. The molecule has 20 heavy (non-hydrogen) atoms. The zero-order valence-corrected chi connectivity index (χ0v) is 14.0. The van der Waals surface area contributed by atoms with E-state index in [4.69, 9.17) is 0 Å². The van der Waals surface area contributed by atoms with Crippen LogP contribution in [-0.4, -0.2) is 16.5 Å². The fourth-order valence-electron chi connectivity index (χ4n) is 2.08. The maximum Gasteiger partial charge on any atom is 0.129 e. The summed E-state index contributed by atoms with van der Waals surface area (Å²) in [6.07, 6.45) is 11.1. The zero-order valence-electron chi connectivity index (χ0n) is 14.0. The lowest BCUT2D eigenvalue weighted by atomic mass is 9.99. The molecule has 0 spiro atoms. The highest BCUT2D eigenvalue weighted by molar-refractivity contribution is 5.75. The van der Waals surface area contributed by atoms with Crippen LogP contribution in [0.4, 0.5) is 0 Å². The minimum absolute atomic E-state index is 0.278. The molecule has 0 radical (unpaired) electrons. The lowest BCUT2D eigenvalue weighted by molar-refractivity contribution is -0.117. The van der Waals surface area contributed by atoms with Crippen LogP contribution in [0, 0.1) is 0 Å². The molecule has 0 heterocycles. The normalized spacial score (nSPS) is 13.7. The van der Waals surface area contributed by atoms with E-state index in [1.165, 1.54) is 11.1 Å². The molecule has 0 aliphatic carbocycles. The summed E-state index contributed by atoms with van der Waals surface area (Å²) in [6, 6.07) is 0. The van der Waals surface area contributed by atoms with E-state index in [1.807, 2.05) is 13.8 Å². The van der Waals surface area contributed by atoms with Gasteiger partial charge in [0.05, 0.1) is 5.60 Å². The third-order valence-corrected chi connectivity index (χ3v) is 3.39. The molecule has 0 aliphatic rings. The summed E-state index contributed by atoms with van der Waals surface area (Å²) in [7, 11) is 0. The molecule has 0 unspecified atom stereocenters. The molecular formula is C18H32O2. The highest BCUT2D eigenvalue weighted by Gasteiger charge is 2.10.